The Morgan fingerprint density at radius 1 is 0.571 bits per heavy atom. The minimum absolute atomic E-state index is 0.780. The van der Waals surface area contributed by atoms with Crippen LogP contribution in [0.5, 0.6) is 0 Å². The molecule has 3 aliphatic heterocycles. The highest BCUT2D eigenvalue weighted by molar-refractivity contribution is 6.23. The summed E-state index contributed by atoms with van der Waals surface area (Å²) in [6.45, 7) is 26.2. The van der Waals surface area contributed by atoms with Gasteiger partial charge in [0, 0.05) is 22.1 Å². The molecule has 0 aromatic carbocycles. The first-order valence-corrected chi connectivity index (χ1v) is 16.6. The van der Waals surface area contributed by atoms with Crippen LogP contribution in [0, 0.1) is 0 Å². The smallest absolute Gasteiger partial charge is 0.1000 e. The summed E-state index contributed by atoms with van der Waals surface area (Å²) in [6.07, 6.45) is 17.7. The van der Waals surface area contributed by atoms with Gasteiger partial charge in [-0.1, -0.05) is 62.0 Å². The predicted molar refractivity (Wildman–Crippen MR) is 183 cm³/mol. The zero-order valence-corrected chi connectivity index (χ0v) is 27.7. The third-order valence-corrected chi connectivity index (χ3v) is 9.90. The summed E-state index contributed by atoms with van der Waals surface area (Å²) < 4.78 is 5.22. The number of hydrogen-bond acceptors (Lipinski definition) is 1. The molecule has 0 amide bonds. The second-order valence-electron chi connectivity index (χ2n) is 11.9. The third kappa shape index (κ3) is 4.60. The van der Waals surface area contributed by atoms with E-state index in [0.29, 0.717) is 0 Å². The lowest BCUT2D eigenvalue weighted by Gasteiger charge is -2.16. The first-order valence-electron chi connectivity index (χ1n) is 16.6. The van der Waals surface area contributed by atoms with Crippen molar-refractivity contribution >= 4 is 30.0 Å². The van der Waals surface area contributed by atoms with E-state index in [9.17, 15) is 0 Å². The Morgan fingerprint density at radius 2 is 1.10 bits per heavy atom. The number of aliphatic imine (C=N–C) groups is 1. The van der Waals surface area contributed by atoms with Gasteiger partial charge in [-0.2, -0.15) is 0 Å². The largest absolute Gasteiger partial charge is 0.322 e. The van der Waals surface area contributed by atoms with Crippen LogP contribution in [0.3, 0.4) is 0 Å². The van der Waals surface area contributed by atoms with Crippen LogP contribution in [0.2, 0.25) is 0 Å². The van der Waals surface area contributed by atoms with Gasteiger partial charge in [-0.3, -0.25) is 0 Å². The van der Waals surface area contributed by atoms with E-state index in [1.807, 2.05) is 0 Å². The van der Waals surface area contributed by atoms with Gasteiger partial charge < -0.3 is 9.13 Å². The van der Waals surface area contributed by atoms with Crippen molar-refractivity contribution in [1.82, 2.24) is 9.13 Å². The topological polar surface area (TPSA) is 22.2 Å². The van der Waals surface area contributed by atoms with Gasteiger partial charge in [0.05, 0.1) is 18.1 Å². The van der Waals surface area contributed by atoms with E-state index in [2.05, 4.69) is 95.8 Å². The molecular weight excluding hydrogens is 510 g/mol. The van der Waals surface area contributed by atoms with E-state index < -0.39 is 0 Å². The van der Waals surface area contributed by atoms with E-state index in [1.165, 1.54) is 72.2 Å². The number of fused-ring (bicyclic) bond motifs is 1. The lowest BCUT2D eigenvalue weighted by molar-refractivity contribution is 0.577. The number of allylic oxidation sites excluding steroid dienone is 6. The molecular formula is C39H51N3. The average Bonchev–Trinajstić information content (AvgIpc) is 3.56. The molecule has 0 atom stereocenters. The number of hydrogen-bond donors (Lipinski definition) is 0. The standard InChI is InChI=1S/C39H51N3/c1-11-26-24(9)19-36-30(15-5)32(17-7)38-21-34-28(13-3)29(14-4)35(40-34)22-39-33(18-8)31(16-6)37(42(39)23-41(36)38)20-25(10)27(26)12-2/h19-22H,9,11-18,23H2,1-8,10H3/b25-20+,27-26-,35-22-,36-19-,38-21+. The summed E-state index contributed by atoms with van der Waals surface area (Å²) >= 11 is 0. The molecule has 0 radical (unpaired) electrons. The summed E-state index contributed by atoms with van der Waals surface area (Å²) in [5.41, 5.74) is 19.0. The molecule has 3 aliphatic rings. The molecule has 42 heavy (non-hydrogen) atoms. The van der Waals surface area contributed by atoms with Gasteiger partial charge in [-0.15, -0.1) is 0 Å². The van der Waals surface area contributed by atoms with Gasteiger partial charge >= 0.3 is 0 Å². The molecule has 3 nitrogen and oxygen atoms in total. The maximum Gasteiger partial charge on any atom is 0.1000 e. The van der Waals surface area contributed by atoms with Crippen LogP contribution in [0.1, 0.15) is 122 Å². The Labute approximate surface area is 254 Å². The molecule has 2 aromatic rings. The highest BCUT2D eigenvalue weighted by Gasteiger charge is 2.27. The van der Waals surface area contributed by atoms with E-state index in [4.69, 9.17) is 11.6 Å². The average molecular weight is 562 g/mol. The lowest BCUT2D eigenvalue weighted by atomic mass is 9.90. The Balaban J connectivity index is 2.10. The Morgan fingerprint density at radius 3 is 1.62 bits per heavy atom. The molecule has 0 fully saturated rings. The van der Waals surface area contributed by atoms with E-state index in [1.54, 1.807) is 0 Å². The first kappa shape index (κ1) is 30.1. The second kappa shape index (κ2) is 12.1. The minimum atomic E-state index is 0.780. The molecule has 2 aromatic heterocycles. The van der Waals surface area contributed by atoms with Crippen molar-refractivity contribution in [2.45, 2.75) is 120 Å². The maximum absolute atomic E-state index is 5.39. The molecule has 0 unspecified atom stereocenters. The Bertz CT molecular complexity index is 1730. The number of nitrogens with zero attached hydrogens (tertiary/aromatic N) is 3. The van der Waals surface area contributed by atoms with Gasteiger partial charge in [0.15, 0.2) is 0 Å². The van der Waals surface area contributed by atoms with Crippen LogP contribution in [-0.2, 0) is 32.4 Å². The van der Waals surface area contributed by atoms with Crippen LogP contribution in [-0.4, -0.2) is 14.8 Å². The van der Waals surface area contributed by atoms with Gasteiger partial charge in [-0.25, -0.2) is 4.99 Å². The predicted octanol–water partition coefficient (Wildman–Crippen LogP) is 8.62. The summed E-state index contributed by atoms with van der Waals surface area (Å²) in [7, 11) is 0. The lowest BCUT2D eigenvalue weighted by Crippen LogP contribution is -2.33. The molecule has 0 saturated heterocycles. The summed E-state index contributed by atoms with van der Waals surface area (Å²) in [5, 5.41) is 2.63. The van der Waals surface area contributed by atoms with E-state index >= 15 is 0 Å². The van der Waals surface area contributed by atoms with Gasteiger partial charge in [0.25, 0.3) is 0 Å². The van der Waals surface area contributed by atoms with Crippen molar-refractivity contribution in [2.75, 3.05) is 0 Å². The summed E-state index contributed by atoms with van der Waals surface area (Å²) in [4.78, 5) is 5.39. The van der Waals surface area contributed by atoms with Crippen molar-refractivity contribution in [3.63, 3.8) is 0 Å². The normalized spacial score (nSPS) is 22.4. The fourth-order valence-corrected chi connectivity index (χ4v) is 7.98. The minimum Gasteiger partial charge on any atom is -0.322 e. The first-order chi connectivity index (χ1) is 20.3. The molecule has 0 aliphatic carbocycles. The van der Waals surface area contributed by atoms with Crippen LogP contribution in [0.15, 0.2) is 50.7 Å². The molecule has 0 saturated carbocycles. The van der Waals surface area contributed by atoms with E-state index in [-0.39, 0.29) is 0 Å². The summed E-state index contributed by atoms with van der Waals surface area (Å²) in [5.74, 6) is 0. The fraction of sp³-hybridized carbons (Fsp3) is 0.462. The summed E-state index contributed by atoms with van der Waals surface area (Å²) in [6, 6.07) is 0. The fourth-order valence-electron chi connectivity index (χ4n) is 7.98. The van der Waals surface area contributed by atoms with Crippen molar-refractivity contribution in [3.8, 4) is 0 Å². The van der Waals surface area contributed by atoms with Crippen LogP contribution >= 0.6 is 0 Å². The Kier molecular flexibility index (Phi) is 8.69. The molecule has 4 bridgehead atoms. The highest BCUT2D eigenvalue weighted by Crippen LogP contribution is 2.37. The monoisotopic (exact) mass is 561 g/mol. The zero-order valence-electron chi connectivity index (χ0n) is 27.7. The number of rotatable bonds is 8. The third-order valence-electron chi connectivity index (χ3n) is 9.90. The van der Waals surface area contributed by atoms with Crippen LogP contribution in [0.25, 0.3) is 24.3 Å². The zero-order chi connectivity index (χ0) is 30.3. The van der Waals surface area contributed by atoms with Gasteiger partial charge in [0.1, 0.15) is 0 Å². The SMILES string of the molecule is C=C1/C=c2/c(CC)c(CC)/c3n2Cn2c(c(CC)c(CC)c2/C=C(C)/C(CC)=C\1CC)/C=C1N=C(/C=3)C(CC)=C\1CC. The van der Waals surface area contributed by atoms with Crippen LogP contribution in [0.4, 0.5) is 0 Å². The van der Waals surface area contributed by atoms with Crippen molar-refractivity contribution in [3.05, 3.63) is 90.1 Å². The molecule has 222 valence electrons. The van der Waals surface area contributed by atoms with Gasteiger partial charge in [-0.05, 0) is 138 Å². The van der Waals surface area contributed by atoms with Gasteiger partial charge in [0.2, 0.25) is 0 Å². The van der Waals surface area contributed by atoms with Crippen molar-refractivity contribution in [2.24, 2.45) is 4.99 Å². The molecule has 0 spiro atoms. The van der Waals surface area contributed by atoms with Crippen molar-refractivity contribution < 1.29 is 0 Å². The number of aromatic nitrogens is 2. The maximum atomic E-state index is 5.39. The van der Waals surface area contributed by atoms with Crippen LogP contribution < -0.4 is 10.7 Å². The molecule has 5 heterocycles. The van der Waals surface area contributed by atoms with Crippen molar-refractivity contribution in [1.29, 1.82) is 0 Å². The highest BCUT2D eigenvalue weighted by atomic mass is 15.2. The quantitative estimate of drug-likeness (QED) is 0.308. The second-order valence-corrected chi connectivity index (χ2v) is 11.9. The molecule has 0 N–H and O–H groups in total. The Hall–Kier alpha value is -3.33. The molecule has 3 heteroatoms. The molecule has 5 rings (SSSR count). The van der Waals surface area contributed by atoms with E-state index in [0.717, 1.165) is 75.0 Å².